The van der Waals surface area contributed by atoms with Gasteiger partial charge >= 0.3 is 6.03 Å². The third kappa shape index (κ3) is 3.59. The second-order valence-corrected chi connectivity index (χ2v) is 4.75. The maximum atomic E-state index is 14.1. The minimum Gasteiger partial charge on any atom is -0.395 e. The van der Waals surface area contributed by atoms with E-state index in [1.807, 2.05) is 0 Å². The van der Waals surface area contributed by atoms with Gasteiger partial charge in [-0.1, -0.05) is 30.3 Å². The Morgan fingerprint density at radius 1 is 1.23 bits per heavy atom. The maximum absolute atomic E-state index is 14.1. The summed E-state index contributed by atoms with van der Waals surface area (Å²) >= 11 is 0. The van der Waals surface area contributed by atoms with Crippen molar-refractivity contribution in [3.05, 3.63) is 54.1 Å². The second kappa shape index (κ2) is 7.00. The van der Waals surface area contributed by atoms with Gasteiger partial charge in [0.15, 0.2) is 0 Å². The van der Waals surface area contributed by atoms with Crippen LogP contribution in [-0.4, -0.2) is 36.2 Å². The highest BCUT2D eigenvalue weighted by Crippen LogP contribution is 2.31. The molecule has 0 fully saturated rings. The van der Waals surface area contributed by atoms with E-state index in [1.54, 1.807) is 30.3 Å². The lowest BCUT2D eigenvalue weighted by atomic mass is 10.0. The van der Waals surface area contributed by atoms with E-state index in [0.29, 0.717) is 11.6 Å². The molecule has 2 aromatic rings. The highest BCUT2D eigenvalue weighted by Gasteiger charge is 2.17. The zero-order valence-corrected chi connectivity index (χ0v) is 12.0. The molecule has 0 aromatic heterocycles. The molecule has 0 aliphatic heterocycles. The molecule has 0 spiro atoms. The first-order chi connectivity index (χ1) is 10.5. The van der Waals surface area contributed by atoms with Crippen molar-refractivity contribution in [1.29, 1.82) is 0 Å². The van der Waals surface area contributed by atoms with Gasteiger partial charge < -0.3 is 15.3 Å². The van der Waals surface area contributed by atoms with Gasteiger partial charge in [-0.25, -0.2) is 13.6 Å². The van der Waals surface area contributed by atoms with E-state index in [2.05, 4.69) is 5.32 Å². The van der Waals surface area contributed by atoms with Crippen LogP contribution < -0.4 is 5.32 Å². The Kier molecular flexibility index (Phi) is 5.06. The number of hydrogen-bond acceptors (Lipinski definition) is 2. The number of likely N-dealkylation sites (N-methyl/N-ethyl adjacent to an activating group) is 1. The largest absolute Gasteiger partial charge is 0.395 e. The molecule has 0 unspecified atom stereocenters. The van der Waals surface area contributed by atoms with Crippen LogP contribution >= 0.6 is 0 Å². The topological polar surface area (TPSA) is 52.6 Å². The Labute approximate surface area is 127 Å². The van der Waals surface area contributed by atoms with E-state index >= 15 is 0 Å². The average Bonchev–Trinajstić information content (AvgIpc) is 2.50. The molecule has 4 nitrogen and oxygen atoms in total. The normalized spacial score (nSPS) is 10.4. The Bertz CT molecular complexity index is 663. The predicted octanol–water partition coefficient (Wildman–Crippen LogP) is 3.09. The quantitative estimate of drug-likeness (QED) is 0.912. The number of carbonyl (C=O) groups is 1. The van der Waals surface area contributed by atoms with Crippen molar-refractivity contribution >= 4 is 11.7 Å². The third-order valence-corrected chi connectivity index (χ3v) is 3.15. The summed E-state index contributed by atoms with van der Waals surface area (Å²) in [5.41, 5.74) is 0.743. The molecule has 0 bridgehead atoms. The average molecular weight is 306 g/mol. The molecule has 0 aliphatic carbocycles. The van der Waals surface area contributed by atoms with Crippen molar-refractivity contribution in [3.63, 3.8) is 0 Å². The van der Waals surface area contributed by atoms with E-state index in [9.17, 15) is 13.6 Å². The fourth-order valence-electron chi connectivity index (χ4n) is 2.00. The van der Waals surface area contributed by atoms with Crippen LogP contribution in [0.1, 0.15) is 0 Å². The van der Waals surface area contributed by atoms with Crippen LogP contribution in [0.3, 0.4) is 0 Å². The minimum absolute atomic E-state index is 0.0950. The maximum Gasteiger partial charge on any atom is 0.321 e. The minimum atomic E-state index is -0.857. The van der Waals surface area contributed by atoms with Gasteiger partial charge in [-0.3, -0.25) is 0 Å². The lowest BCUT2D eigenvalue weighted by Crippen LogP contribution is -2.33. The SMILES string of the molecule is CN(CCO)C(=O)Nc1c(F)cc(F)cc1-c1ccccc1. The monoisotopic (exact) mass is 306 g/mol. The molecule has 22 heavy (non-hydrogen) atoms. The number of aliphatic hydroxyl groups excluding tert-OH is 1. The number of hydrogen-bond donors (Lipinski definition) is 2. The van der Waals surface area contributed by atoms with Crippen molar-refractivity contribution < 1.29 is 18.7 Å². The van der Waals surface area contributed by atoms with Crippen LogP contribution in [0, 0.1) is 11.6 Å². The van der Waals surface area contributed by atoms with Crippen LogP contribution in [0.2, 0.25) is 0 Å². The number of urea groups is 1. The number of amides is 2. The summed E-state index contributed by atoms with van der Waals surface area (Å²) in [4.78, 5) is 13.2. The summed E-state index contributed by atoms with van der Waals surface area (Å²) in [5, 5.41) is 11.3. The number of rotatable bonds is 4. The molecule has 2 aromatic carbocycles. The van der Waals surface area contributed by atoms with Gasteiger partial charge in [0.05, 0.1) is 12.3 Å². The van der Waals surface area contributed by atoms with Gasteiger partial charge in [0.2, 0.25) is 0 Å². The number of nitrogens with zero attached hydrogens (tertiary/aromatic N) is 1. The van der Waals surface area contributed by atoms with Crippen LogP contribution in [0.15, 0.2) is 42.5 Å². The molecular formula is C16H16F2N2O2. The first kappa shape index (κ1) is 15.9. The van der Waals surface area contributed by atoms with Gasteiger partial charge in [-0.15, -0.1) is 0 Å². The number of anilines is 1. The van der Waals surface area contributed by atoms with Crippen molar-refractivity contribution in [2.45, 2.75) is 0 Å². The molecule has 0 radical (unpaired) electrons. The number of nitrogens with one attached hydrogen (secondary N) is 1. The first-order valence-corrected chi connectivity index (χ1v) is 6.70. The molecule has 6 heteroatoms. The smallest absolute Gasteiger partial charge is 0.321 e. The fraction of sp³-hybridized carbons (Fsp3) is 0.188. The summed E-state index contributed by atoms with van der Waals surface area (Å²) in [6.07, 6.45) is 0. The van der Waals surface area contributed by atoms with Crippen LogP contribution in [-0.2, 0) is 0 Å². The van der Waals surface area contributed by atoms with Gasteiger partial charge in [-0.05, 0) is 11.6 Å². The van der Waals surface area contributed by atoms with Gasteiger partial charge in [0.25, 0.3) is 0 Å². The lowest BCUT2D eigenvalue weighted by molar-refractivity contribution is 0.202. The van der Waals surface area contributed by atoms with Crippen molar-refractivity contribution in [2.24, 2.45) is 0 Å². The molecule has 2 N–H and O–H groups in total. The molecule has 2 amide bonds. The van der Waals surface area contributed by atoms with Crippen molar-refractivity contribution in [3.8, 4) is 11.1 Å². The lowest BCUT2D eigenvalue weighted by Gasteiger charge is -2.19. The van der Waals surface area contributed by atoms with Crippen molar-refractivity contribution in [1.82, 2.24) is 4.90 Å². The Morgan fingerprint density at radius 3 is 2.55 bits per heavy atom. The van der Waals surface area contributed by atoms with Crippen LogP contribution in [0.4, 0.5) is 19.3 Å². The summed E-state index contributed by atoms with van der Waals surface area (Å²) in [5.74, 6) is -1.58. The molecule has 0 heterocycles. The Hall–Kier alpha value is -2.47. The van der Waals surface area contributed by atoms with E-state index in [1.165, 1.54) is 18.0 Å². The number of aliphatic hydroxyl groups is 1. The van der Waals surface area contributed by atoms with E-state index in [4.69, 9.17) is 5.11 Å². The molecular weight excluding hydrogens is 290 g/mol. The van der Waals surface area contributed by atoms with Gasteiger partial charge in [-0.2, -0.15) is 0 Å². The van der Waals surface area contributed by atoms with Crippen molar-refractivity contribution in [2.75, 3.05) is 25.5 Å². The van der Waals surface area contributed by atoms with Crippen LogP contribution in [0.25, 0.3) is 11.1 Å². The fourth-order valence-corrected chi connectivity index (χ4v) is 2.00. The summed E-state index contributed by atoms with van der Waals surface area (Å²) in [6.45, 7) is -0.101. The molecule has 116 valence electrons. The standard InChI is InChI=1S/C16H16F2N2O2/c1-20(7-8-21)16(22)19-15-13(9-12(17)10-14(15)18)11-5-3-2-4-6-11/h2-6,9-10,21H,7-8H2,1H3,(H,19,22). The summed E-state index contributed by atoms with van der Waals surface area (Å²) in [7, 11) is 1.47. The van der Waals surface area contributed by atoms with E-state index in [-0.39, 0.29) is 24.4 Å². The summed E-state index contributed by atoms with van der Waals surface area (Å²) in [6, 6.07) is 9.95. The molecule has 0 aliphatic rings. The van der Waals surface area contributed by atoms with E-state index in [0.717, 1.165) is 0 Å². The van der Waals surface area contributed by atoms with E-state index < -0.39 is 17.7 Å². The number of carbonyl (C=O) groups excluding carboxylic acids is 1. The van der Waals surface area contributed by atoms with Gasteiger partial charge in [0.1, 0.15) is 11.6 Å². The second-order valence-electron chi connectivity index (χ2n) is 4.75. The third-order valence-electron chi connectivity index (χ3n) is 3.15. The zero-order valence-electron chi connectivity index (χ0n) is 12.0. The predicted molar refractivity (Wildman–Crippen MR) is 80.5 cm³/mol. The Morgan fingerprint density at radius 2 is 1.91 bits per heavy atom. The van der Waals surface area contributed by atoms with Crippen LogP contribution in [0.5, 0.6) is 0 Å². The van der Waals surface area contributed by atoms with Gasteiger partial charge in [0, 0.05) is 25.2 Å². The molecule has 2 rings (SSSR count). The highest BCUT2D eigenvalue weighted by molar-refractivity contribution is 5.94. The summed E-state index contributed by atoms with van der Waals surface area (Å²) < 4.78 is 27.6. The number of benzene rings is 2. The Balaban J connectivity index is 2.40. The highest BCUT2D eigenvalue weighted by atomic mass is 19.1. The molecule has 0 atom stereocenters. The molecule has 0 saturated heterocycles. The molecule has 0 saturated carbocycles. The first-order valence-electron chi connectivity index (χ1n) is 6.70. The zero-order chi connectivity index (χ0) is 16.1. The number of halogens is 2.